The highest BCUT2D eigenvalue weighted by atomic mass is 16.7. The number of aryl methyl sites for hydroxylation is 1. The van der Waals surface area contributed by atoms with Crippen LogP contribution in [-0.2, 0) is 43.2 Å². The predicted molar refractivity (Wildman–Crippen MR) is 366 cm³/mol. The lowest BCUT2D eigenvalue weighted by molar-refractivity contribution is -0.697. The first kappa shape index (κ1) is 77.5. The summed E-state index contributed by atoms with van der Waals surface area (Å²) in [5.74, 6) is -0.667. The van der Waals surface area contributed by atoms with E-state index in [1.807, 2.05) is 0 Å². The molecule has 4 aromatic carbocycles. The highest BCUT2D eigenvalue weighted by Gasteiger charge is 2.40. The van der Waals surface area contributed by atoms with Gasteiger partial charge in [0.15, 0.2) is 18.2 Å². The third kappa shape index (κ3) is 27.6. The molecule has 5 rings (SSSR count). The lowest BCUT2D eigenvalue weighted by Crippen LogP contribution is -2.32. The van der Waals surface area contributed by atoms with E-state index in [4.69, 9.17) is 9.47 Å². The number of carbonyl (C=O) groups is 3. The van der Waals surface area contributed by atoms with E-state index < -0.39 is 106 Å². The molecule has 2 amide bonds. The number of amides is 2. The molecule has 1 aromatic heterocycles. The fraction of sp³-hybridized carbons (Fsp3) is 0.536. The highest BCUT2D eigenvalue weighted by Crippen LogP contribution is 2.44. The third-order valence-electron chi connectivity index (χ3n) is 16.8. The van der Waals surface area contributed by atoms with Crippen molar-refractivity contribution in [2.24, 2.45) is 0 Å². The van der Waals surface area contributed by atoms with Gasteiger partial charge in [0.1, 0.15) is 29.8 Å². The van der Waals surface area contributed by atoms with Crippen molar-refractivity contribution in [1.29, 1.82) is 0 Å². The molecule has 27 nitrogen and oxygen atoms in total. The first-order valence-electron chi connectivity index (χ1n) is 33.6. The van der Waals surface area contributed by atoms with Crippen molar-refractivity contribution in [3.8, 4) is 0 Å². The van der Waals surface area contributed by atoms with Gasteiger partial charge in [0.2, 0.25) is 11.8 Å². The summed E-state index contributed by atoms with van der Waals surface area (Å²) in [5, 5.41) is 79.8. The number of rotatable bonds is 51. The predicted octanol–water partition coefficient (Wildman–Crippen LogP) is 14.6. The van der Waals surface area contributed by atoms with Crippen molar-refractivity contribution in [1.82, 2.24) is 10.6 Å². The SMILES string of the molecule is CCCC[n+]1ccc(/C=C/c2ccc3cc(N(C)CCCCCCCCCCCCNC(=O)CCCCCCCCCCCCC(=O)COCCOCCNC(=O)CCc4c([N+](=O)[O-])cc([N+](=O)[O-])c(Cc5c([N+](=O)[O-])cc([N+](=O)[O-])cc5[N+](=O)[O-])c4[N+](=O)[O-])ccc3c2)cc1. The standard InChI is InChI=1S/C69H92N10O17/c1-3-4-40-73-41-35-53(36-42-73)27-28-54-29-30-56-47-57(32-31-55(56)46-54)72(2)39-24-20-16-12-8-7-11-15-19-23-37-70-67(81)26-22-18-14-10-6-5-9-13-17-21-25-59(80)52-96-45-44-95-43-38-71-68(82)34-33-60-65(77(89)90)51-66(78(91)92)62(69(60)79(93)94)50-61-63(75(85)86)48-58(74(83)84)49-64(61)76(87)88/h27-32,35-36,41-42,46-49,51H,3-26,33-34,37-40,43-45,50,52H2,1-2H3,(H-,70,71,81,82)/p+1. The maximum atomic E-state index is 12.7. The maximum Gasteiger partial charge on any atom is 0.289 e. The number of ketones is 1. The Morgan fingerprint density at radius 1 is 0.479 bits per heavy atom. The van der Waals surface area contributed by atoms with Crippen LogP contribution in [0, 0.1) is 60.7 Å². The lowest BCUT2D eigenvalue weighted by Gasteiger charge is -2.20. The quantitative estimate of drug-likeness (QED) is 0.0158. The molecule has 1 heterocycles. The molecule has 0 spiro atoms. The Morgan fingerprint density at radius 2 is 0.979 bits per heavy atom. The number of fused-ring (bicyclic) bond motifs is 1. The van der Waals surface area contributed by atoms with Gasteiger partial charge in [-0.25, -0.2) is 4.57 Å². The Morgan fingerprint density at radius 3 is 1.56 bits per heavy atom. The first-order chi connectivity index (χ1) is 46.3. The molecule has 0 atom stereocenters. The van der Waals surface area contributed by atoms with Crippen LogP contribution in [0.25, 0.3) is 22.9 Å². The number of nitrogens with one attached hydrogen (secondary N) is 2. The number of hydrogen-bond acceptors (Lipinski definition) is 18. The van der Waals surface area contributed by atoms with Crippen LogP contribution in [0.5, 0.6) is 0 Å². The Labute approximate surface area is 559 Å². The van der Waals surface area contributed by atoms with E-state index in [1.165, 1.54) is 91.8 Å². The average molecular weight is 1330 g/mol. The van der Waals surface area contributed by atoms with Gasteiger partial charge in [-0.05, 0) is 72.2 Å². The van der Waals surface area contributed by atoms with Gasteiger partial charge in [-0.2, -0.15) is 0 Å². The van der Waals surface area contributed by atoms with Gasteiger partial charge in [0.05, 0.1) is 67.6 Å². The second kappa shape index (κ2) is 43.0. The summed E-state index contributed by atoms with van der Waals surface area (Å²) in [4.78, 5) is 104. The minimum Gasteiger partial charge on any atom is -0.377 e. The van der Waals surface area contributed by atoms with Crippen LogP contribution >= 0.6 is 0 Å². The fourth-order valence-electron chi connectivity index (χ4n) is 11.4. The van der Waals surface area contributed by atoms with Crippen LogP contribution in [0.1, 0.15) is 195 Å². The second-order valence-corrected chi connectivity index (χ2v) is 24.1. The van der Waals surface area contributed by atoms with E-state index in [9.17, 15) is 75.1 Å². The van der Waals surface area contributed by atoms with Gasteiger partial charge in [-0.1, -0.05) is 146 Å². The van der Waals surface area contributed by atoms with Crippen molar-refractivity contribution in [2.45, 2.75) is 187 Å². The molecule has 0 aliphatic heterocycles. The number of non-ortho nitro benzene ring substituents is 1. The molecule has 0 aliphatic rings. The number of hydrogen-bond donors (Lipinski definition) is 2. The Balaban J connectivity index is 0.794. The number of anilines is 1. The zero-order valence-corrected chi connectivity index (χ0v) is 55.4. The van der Waals surface area contributed by atoms with E-state index in [2.05, 4.69) is 107 Å². The van der Waals surface area contributed by atoms with Crippen LogP contribution in [0.15, 0.2) is 79.1 Å². The molecule has 2 N–H and O–H groups in total. The van der Waals surface area contributed by atoms with Gasteiger partial charge < -0.3 is 25.0 Å². The smallest absolute Gasteiger partial charge is 0.289 e. The summed E-state index contributed by atoms with van der Waals surface area (Å²) < 4.78 is 13.1. The van der Waals surface area contributed by atoms with E-state index in [0.29, 0.717) is 31.0 Å². The highest BCUT2D eigenvalue weighted by molar-refractivity contribution is 5.89. The topological polar surface area (TPSA) is 360 Å². The molecular formula is C69H93N10O17+. The molecule has 520 valence electrons. The van der Waals surface area contributed by atoms with Crippen LogP contribution in [0.3, 0.4) is 0 Å². The zero-order valence-electron chi connectivity index (χ0n) is 55.4. The molecular weight excluding hydrogens is 1240 g/mol. The molecule has 0 aliphatic carbocycles. The normalized spacial score (nSPS) is 11.3. The van der Waals surface area contributed by atoms with Gasteiger partial charge in [0.25, 0.3) is 34.1 Å². The average Bonchev–Trinajstić information content (AvgIpc) is 0.763. The summed E-state index contributed by atoms with van der Waals surface area (Å²) in [6.07, 6.45) is 31.9. The number of carbonyl (C=O) groups excluding carboxylic acids is 3. The lowest BCUT2D eigenvalue weighted by atomic mass is 9.93. The summed E-state index contributed by atoms with van der Waals surface area (Å²) in [6, 6.07) is 18.8. The summed E-state index contributed by atoms with van der Waals surface area (Å²) in [5.41, 5.74) is -6.51. The minimum atomic E-state index is -1.30. The zero-order chi connectivity index (χ0) is 69.6. The van der Waals surface area contributed by atoms with Gasteiger partial charge in [0, 0.05) is 76.6 Å². The molecule has 0 bridgehead atoms. The van der Waals surface area contributed by atoms with Crippen molar-refractivity contribution in [3.05, 3.63) is 168 Å². The fourth-order valence-corrected chi connectivity index (χ4v) is 11.4. The number of benzene rings is 4. The number of nitrogens with zero attached hydrogens (tertiary/aromatic N) is 8. The molecule has 0 saturated carbocycles. The van der Waals surface area contributed by atoms with Crippen LogP contribution < -0.4 is 20.1 Å². The molecule has 0 radical (unpaired) electrons. The minimum absolute atomic E-state index is 0.0368. The van der Waals surface area contributed by atoms with E-state index >= 15 is 0 Å². The third-order valence-corrected chi connectivity index (χ3v) is 16.8. The Bertz CT molecular complexity index is 3400. The molecule has 27 heteroatoms. The summed E-state index contributed by atoms with van der Waals surface area (Å²) in [6.45, 7) is 5.04. The number of Topliss-reactive ketones (excluding diaryl/α,β-unsaturated/α-hetero) is 1. The number of ether oxygens (including phenoxy) is 2. The number of unbranched alkanes of at least 4 members (excludes halogenated alkanes) is 19. The van der Waals surface area contributed by atoms with Crippen LogP contribution in [0.4, 0.5) is 39.8 Å². The van der Waals surface area contributed by atoms with E-state index in [0.717, 1.165) is 96.7 Å². The number of nitro benzene ring substituents is 6. The molecule has 0 unspecified atom stereocenters. The van der Waals surface area contributed by atoms with E-state index in [-0.39, 0.29) is 44.7 Å². The van der Waals surface area contributed by atoms with Crippen molar-refractivity contribution in [2.75, 3.05) is 58.0 Å². The molecule has 0 fully saturated rings. The number of nitro groups is 6. The second-order valence-electron chi connectivity index (χ2n) is 24.1. The van der Waals surface area contributed by atoms with Crippen molar-refractivity contribution < 1.29 is 58.0 Å². The van der Waals surface area contributed by atoms with E-state index in [1.54, 1.807) is 0 Å². The maximum absolute atomic E-state index is 12.7. The molecule has 96 heavy (non-hydrogen) atoms. The summed E-state index contributed by atoms with van der Waals surface area (Å²) >= 11 is 0. The monoisotopic (exact) mass is 1330 g/mol. The van der Waals surface area contributed by atoms with Crippen LogP contribution in [-0.4, -0.2) is 100 Å². The Hall–Kier alpha value is -9.24. The Kier molecular flexibility index (Phi) is 34.7. The number of aromatic nitrogens is 1. The number of pyridine rings is 1. The van der Waals surface area contributed by atoms with Crippen molar-refractivity contribution >= 4 is 80.3 Å². The van der Waals surface area contributed by atoms with Crippen LogP contribution in [0.2, 0.25) is 0 Å². The first-order valence-corrected chi connectivity index (χ1v) is 33.6. The van der Waals surface area contributed by atoms with Crippen molar-refractivity contribution in [3.63, 3.8) is 0 Å². The van der Waals surface area contributed by atoms with Gasteiger partial charge >= 0.3 is 0 Å². The molecule has 0 saturated heterocycles. The molecule has 5 aromatic rings. The largest absolute Gasteiger partial charge is 0.377 e. The van der Waals surface area contributed by atoms with Gasteiger partial charge in [-0.15, -0.1) is 0 Å². The van der Waals surface area contributed by atoms with Gasteiger partial charge in [-0.3, -0.25) is 75.1 Å². The summed E-state index contributed by atoms with van der Waals surface area (Å²) in [7, 11) is 2.20.